The zero-order valence-electron chi connectivity index (χ0n) is 19.2. The van der Waals surface area contributed by atoms with Crippen molar-refractivity contribution in [2.75, 3.05) is 11.5 Å². The predicted octanol–water partition coefficient (Wildman–Crippen LogP) is 2.99. The molecule has 1 atom stereocenters. The van der Waals surface area contributed by atoms with Gasteiger partial charge in [0.05, 0.1) is 29.1 Å². The second-order valence-corrected chi connectivity index (χ2v) is 10.3. The van der Waals surface area contributed by atoms with E-state index in [-0.39, 0.29) is 24.1 Å². The molecule has 0 spiro atoms. The second-order valence-electron chi connectivity index (χ2n) is 8.30. The first kappa shape index (κ1) is 22.5. The summed E-state index contributed by atoms with van der Waals surface area (Å²) >= 11 is 2.65. The summed E-state index contributed by atoms with van der Waals surface area (Å²) in [4.78, 5) is 48.0. The first-order chi connectivity index (χ1) is 16.3. The van der Waals surface area contributed by atoms with E-state index in [1.54, 1.807) is 18.7 Å². The molecule has 0 saturated heterocycles. The van der Waals surface area contributed by atoms with Crippen LogP contribution in [0.25, 0.3) is 5.57 Å². The smallest absolute Gasteiger partial charge is 0.338 e. The van der Waals surface area contributed by atoms with E-state index in [1.807, 2.05) is 55.6 Å². The minimum atomic E-state index is -0.655. The van der Waals surface area contributed by atoms with E-state index in [9.17, 15) is 14.4 Å². The molecule has 0 fully saturated rings. The lowest BCUT2D eigenvalue weighted by molar-refractivity contribution is -0.139. The summed E-state index contributed by atoms with van der Waals surface area (Å²) in [5.41, 5.74) is 2.44. The van der Waals surface area contributed by atoms with Gasteiger partial charge in [0, 0.05) is 16.5 Å². The molecule has 2 aromatic heterocycles. The van der Waals surface area contributed by atoms with Gasteiger partial charge in [-0.2, -0.15) is 0 Å². The molecule has 9 heteroatoms. The molecule has 0 saturated carbocycles. The van der Waals surface area contributed by atoms with Gasteiger partial charge in [0.15, 0.2) is 4.80 Å². The molecule has 1 amide bonds. The van der Waals surface area contributed by atoms with Crippen LogP contribution < -0.4 is 19.8 Å². The summed E-state index contributed by atoms with van der Waals surface area (Å²) in [6.07, 6.45) is 0. The maximum atomic E-state index is 13.9. The number of allylic oxidation sites excluding steroid dienone is 1. The topological polar surface area (TPSA) is 81.0 Å². The third-order valence-electron chi connectivity index (χ3n) is 5.91. The van der Waals surface area contributed by atoms with Gasteiger partial charge in [0.1, 0.15) is 10.6 Å². The Balaban J connectivity index is 1.82. The van der Waals surface area contributed by atoms with Crippen LogP contribution in [0, 0.1) is 0 Å². The van der Waals surface area contributed by atoms with Gasteiger partial charge in [0.2, 0.25) is 0 Å². The van der Waals surface area contributed by atoms with E-state index in [0.29, 0.717) is 26.2 Å². The van der Waals surface area contributed by atoms with Crippen molar-refractivity contribution < 1.29 is 14.3 Å². The van der Waals surface area contributed by atoms with Crippen molar-refractivity contribution in [3.63, 3.8) is 0 Å². The third-order valence-corrected chi connectivity index (χ3v) is 7.89. The Bertz CT molecular complexity index is 1530. The zero-order valence-corrected chi connectivity index (χ0v) is 20.8. The number of carbonyl (C=O) groups excluding carboxylic acids is 2. The Morgan fingerprint density at radius 3 is 2.62 bits per heavy atom. The predicted molar refractivity (Wildman–Crippen MR) is 133 cm³/mol. The summed E-state index contributed by atoms with van der Waals surface area (Å²) in [6.45, 7) is 7.62. The van der Waals surface area contributed by atoms with Crippen LogP contribution in [0.4, 0.5) is 5.69 Å². The number of hydrogen-bond acceptors (Lipinski definition) is 7. The van der Waals surface area contributed by atoms with Crippen LogP contribution in [0.3, 0.4) is 0 Å². The number of rotatable bonds is 4. The van der Waals surface area contributed by atoms with Crippen LogP contribution in [0.2, 0.25) is 0 Å². The summed E-state index contributed by atoms with van der Waals surface area (Å²) in [5, 5.41) is 1.91. The average molecular weight is 494 g/mol. The van der Waals surface area contributed by atoms with E-state index in [1.165, 1.54) is 27.2 Å². The molecule has 5 rings (SSSR count). The van der Waals surface area contributed by atoms with Crippen LogP contribution in [0.5, 0.6) is 0 Å². The first-order valence-corrected chi connectivity index (χ1v) is 12.7. The van der Waals surface area contributed by atoms with E-state index < -0.39 is 12.0 Å². The fourth-order valence-corrected chi connectivity index (χ4v) is 6.49. The third kappa shape index (κ3) is 3.30. The molecule has 0 bridgehead atoms. The van der Waals surface area contributed by atoms with Crippen molar-refractivity contribution in [1.82, 2.24) is 4.57 Å². The molecular formula is C25H23N3O4S2. The van der Waals surface area contributed by atoms with Crippen molar-refractivity contribution in [1.29, 1.82) is 0 Å². The fraction of sp³-hybridized carbons (Fsp3) is 0.280. The van der Waals surface area contributed by atoms with Gasteiger partial charge in [-0.25, -0.2) is 9.79 Å². The Labute approximate surface area is 203 Å². The number of anilines is 1. The molecule has 0 unspecified atom stereocenters. The normalized spacial score (nSPS) is 18.8. The van der Waals surface area contributed by atoms with Crippen LogP contribution >= 0.6 is 22.7 Å². The SMILES string of the molecule is CCOC(=O)C1=C(C)N=c2s/c(=C3/C(=O)N(C(C)C)c4ccccc43)c(=O)n2[C@@H]1c1cccs1. The van der Waals surface area contributed by atoms with Gasteiger partial charge in [-0.3, -0.25) is 14.2 Å². The van der Waals surface area contributed by atoms with Gasteiger partial charge >= 0.3 is 5.97 Å². The molecule has 3 aromatic rings. The van der Waals surface area contributed by atoms with Gasteiger partial charge < -0.3 is 9.64 Å². The average Bonchev–Trinajstić information content (AvgIpc) is 3.49. The lowest BCUT2D eigenvalue weighted by Crippen LogP contribution is -2.41. The first-order valence-electron chi connectivity index (χ1n) is 11.0. The highest BCUT2D eigenvalue weighted by Crippen LogP contribution is 2.37. The largest absolute Gasteiger partial charge is 0.463 e. The van der Waals surface area contributed by atoms with Crippen molar-refractivity contribution in [3.05, 3.63) is 83.2 Å². The van der Waals surface area contributed by atoms with Crippen molar-refractivity contribution in [2.45, 2.75) is 39.8 Å². The van der Waals surface area contributed by atoms with Crippen molar-refractivity contribution in [3.8, 4) is 0 Å². The van der Waals surface area contributed by atoms with Gasteiger partial charge in [-0.1, -0.05) is 35.6 Å². The number of thiazole rings is 1. The quantitative estimate of drug-likeness (QED) is 0.524. The van der Waals surface area contributed by atoms with E-state index in [4.69, 9.17) is 4.74 Å². The number of amides is 1. The number of nitrogens with zero attached hydrogens (tertiary/aromatic N) is 3. The number of hydrogen-bond donors (Lipinski definition) is 0. The maximum Gasteiger partial charge on any atom is 0.338 e. The van der Waals surface area contributed by atoms with Gasteiger partial charge in [-0.15, -0.1) is 11.3 Å². The van der Waals surface area contributed by atoms with Crippen LogP contribution in [0.1, 0.15) is 44.2 Å². The molecule has 0 radical (unpaired) electrons. The Hall–Kier alpha value is -3.30. The Morgan fingerprint density at radius 1 is 1.18 bits per heavy atom. The zero-order chi connectivity index (χ0) is 24.1. The standard InChI is InChI=1S/C25H23N3O4S2/c1-5-32-24(31)18-14(4)26-25-28(20(18)17-11-8-12-33-17)23(30)21(34-25)19-15-9-6-7-10-16(15)27(13(2)3)22(19)29/h6-13,20H,5H2,1-4H3/b21-19+/t20-/m1/s1. The fourth-order valence-electron chi connectivity index (χ4n) is 4.53. The lowest BCUT2D eigenvalue weighted by atomic mass is 10.0. The number of ether oxygens (including phenoxy) is 1. The number of aromatic nitrogens is 1. The Morgan fingerprint density at radius 2 is 1.94 bits per heavy atom. The van der Waals surface area contributed by atoms with E-state index >= 15 is 0 Å². The summed E-state index contributed by atoms with van der Waals surface area (Å²) < 4.78 is 7.18. The van der Waals surface area contributed by atoms with Gasteiger partial charge in [0.25, 0.3) is 11.5 Å². The molecular weight excluding hydrogens is 470 g/mol. The van der Waals surface area contributed by atoms with Gasteiger partial charge in [-0.05, 0) is 45.2 Å². The monoisotopic (exact) mass is 493 g/mol. The molecule has 34 heavy (non-hydrogen) atoms. The molecule has 0 N–H and O–H groups in total. The number of carbonyl (C=O) groups is 2. The minimum absolute atomic E-state index is 0.0635. The van der Waals surface area contributed by atoms with Crippen LogP contribution in [-0.4, -0.2) is 29.1 Å². The second kappa shape index (κ2) is 8.48. The summed E-state index contributed by atoms with van der Waals surface area (Å²) in [5.74, 6) is -0.691. The van der Waals surface area contributed by atoms with Crippen molar-refractivity contribution >= 4 is 45.8 Å². The molecule has 174 valence electrons. The number of para-hydroxylation sites is 1. The molecule has 0 aliphatic carbocycles. The summed E-state index contributed by atoms with van der Waals surface area (Å²) in [7, 11) is 0. The molecule has 2 aliphatic heterocycles. The molecule has 4 heterocycles. The summed E-state index contributed by atoms with van der Waals surface area (Å²) in [6, 6.07) is 10.6. The van der Waals surface area contributed by atoms with E-state index in [0.717, 1.165) is 16.1 Å². The Kier molecular flexibility index (Phi) is 5.61. The highest BCUT2D eigenvalue weighted by atomic mass is 32.1. The molecule has 2 aliphatic rings. The minimum Gasteiger partial charge on any atom is -0.463 e. The number of esters is 1. The number of fused-ring (bicyclic) bond motifs is 2. The van der Waals surface area contributed by atoms with E-state index in [2.05, 4.69) is 4.99 Å². The van der Waals surface area contributed by atoms with Crippen LogP contribution in [-0.2, 0) is 14.3 Å². The number of benzene rings is 1. The highest BCUT2D eigenvalue weighted by Gasteiger charge is 2.38. The highest BCUT2D eigenvalue weighted by molar-refractivity contribution is 7.10. The number of thiophene rings is 1. The molecule has 7 nitrogen and oxygen atoms in total. The maximum absolute atomic E-state index is 13.9. The van der Waals surface area contributed by atoms with Crippen molar-refractivity contribution in [2.24, 2.45) is 4.99 Å². The lowest BCUT2D eigenvalue weighted by Gasteiger charge is -2.23. The molecule has 1 aromatic carbocycles. The van der Waals surface area contributed by atoms with Crippen LogP contribution in [0.15, 0.2) is 62.8 Å².